The SMILES string of the molecule is CC(C)Oc1cccc2c1c(NC(=O)c1nnc3n1CCCC3)nn2C. The predicted molar refractivity (Wildman–Crippen MR) is 97.4 cm³/mol. The first-order chi connectivity index (χ1) is 12.5. The van der Waals surface area contributed by atoms with Crippen LogP contribution in [0.2, 0.25) is 0 Å². The quantitative estimate of drug-likeness (QED) is 0.778. The molecule has 0 aliphatic carbocycles. The highest BCUT2D eigenvalue weighted by Gasteiger charge is 2.23. The predicted octanol–water partition coefficient (Wildman–Crippen LogP) is 2.54. The summed E-state index contributed by atoms with van der Waals surface area (Å²) in [6.07, 6.45) is 3.00. The van der Waals surface area contributed by atoms with Crippen molar-refractivity contribution in [3.8, 4) is 5.75 Å². The monoisotopic (exact) mass is 354 g/mol. The maximum Gasteiger partial charge on any atom is 0.294 e. The van der Waals surface area contributed by atoms with Crippen molar-refractivity contribution >= 4 is 22.6 Å². The number of rotatable bonds is 4. The molecular formula is C18H22N6O2. The molecule has 1 aromatic carbocycles. The molecule has 8 nitrogen and oxygen atoms in total. The molecular weight excluding hydrogens is 332 g/mol. The molecule has 0 saturated heterocycles. The Morgan fingerprint density at radius 3 is 2.92 bits per heavy atom. The van der Waals surface area contributed by atoms with E-state index in [1.165, 1.54) is 0 Å². The van der Waals surface area contributed by atoms with Gasteiger partial charge in [0.1, 0.15) is 11.6 Å². The molecule has 8 heteroatoms. The molecule has 0 unspecified atom stereocenters. The topological polar surface area (TPSA) is 86.9 Å². The molecule has 3 aromatic rings. The molecule has 0 radical (unpaired) electrons. The summed E-state index contributed by atoms with van der Waals surface area (Å²) in [4.78, 5) is 12.8. The summed E-state index contributed by atoms with van der Waals surface area (Å²) in [7, 11) is 1.84. The third kappa shape index (κ3) is 2.81. The second-order valence-corrected chi connectivity index (χ2v) is 6.79. The minimum Gasteiger partial charge on any atom is -0.490 e. The van der Waals surface area contributed by atoms with E-state index < -0.39 is 0 Å². The zero-order valence-corrected chi connectivity index (χ0v) is 15.2. The number of carbonyl (C=O) groups is 1. The minimum atomic E-state index is -0.301. The van der Waals surface area contributed by atoms with Gasteiger partial charge >= 0.3 is 0 Å². The van der Waals surface area contributed by atoms with E-state index in [1.807, 2.05) is 43.7 Å². The molecule has 2 aromatic heterocycles. The molecule has 0 atom stereocenters. The highest BCUT2D eigenvalue weighted by atomic mass is 16.5. The molecule has 0 saturated carbocycles. The van der Waals surface area contributed by atoms with Gasteiger partial charge in [0.2, 0.25) is 5.82 Å². The van der Waals surface area contributed by atoms with Crippen LogP contribution in [0.25, 0.3) is 10.9 Å². The normalized spacial score (nSPS) is 13.8. The first-order valence-corrected chi connectivity index (χ1v) is 8.90. The Balaban J connectivity index is 1.71. The van der Waals surface area contributed by atoms with Gasteiger partial charge in [0.25, 0.3) is 5.91 Å². The van der Waals surface area contributed by atoms with E-state index >= 15 is 0 Å². The van der Waals surface area contributed by atoms with Crippen LogP contribution in [0.1, 0.15) is 43.1 Å². The summed E-state index contributed by atoms with van der Waals surface area (Å²) in [5.41, 5.74) is 0.890. The van der Waals surface area contributed by atoms with Crippen LogP contribution in [0.15, 0.2) is 18.2 Å². The van der Waals surface area contributed by atoms with E-state index in [-0.39, 0.29) is 12.0 Å². The number of anilines is 1. The maximum atomic E-state index is 12.8. The number of aryl methyl sites for hydroxylation is 2. The van der Waals surface area contributed by atoms with Crippen molar-refractivity contribution in [2.24, 2.45) is 7.05 Å². The van der Waals surface area contributed by atoms with Crippen molar-refractivity contribution < 1.29 is 9.53 Å². The Morgan fingerprint density at radius 2 is 2.12 bits per heavy atom. The van der Waals surface area contributed by atoms with Crippen LogP contribution in [-0.2, 0) is 20.0 Å². The second kappa shape index (κ2) is 6.44. The average molecular weight is 354 g/mol. The number of amides is 1. The lowest BCUT2D eigenvalue weighted by atomic mass is 10.1. The van der Waals surface area contributed by atoms with E-state index in [1.54, 1.807) is 4.68 Å². The van der Waals surface area contributed by atoms with Crippen LogP contribution >= 0.6 is 0 Å². The molecule has 1 aliphatic heterocycles. The first-order valence-electron chi connectivity index (χ1n) is 8.90. The van der Waals surface area contributed by atoms with E-state index in [0.29, 0.717) is 17.4 Å². The number of aromatic nitrogens is 5. The van der Waals surface area contributed by atoms with Crippen molar-refractivity contribution in [2.45, 2.75) is 45.8 Å². The van der Waals surface area contributed by atoms with Crippen LogP contribution in [0.3, 0.4) is 0 Å². The lowest BCUT2D eigenvalue weighted by Gasteiger charge is -2.14. The summed E-state index contributed by atoms with van der Waals surface area (Å²) in [5, 5.41) is 16.4. The molecule has 0 fully saturated rings. The van der Waals surface area contributed by atoms with Gasteiger partial charge in [0.15, 0.2) is 5.82 Å². The molecule has 1 N–H and O–H groups in total. The van der Waals surface area contributed by atoms with Crippen molar-refractivity contribution in [1.82, 2.24) is 24.5 Å². The lowest BCUT2D eigenvalue weighted by Crippen LogP contribution is -2.21. The van der Waals surface area contributed by atoms with Gasteiger partial charge < -0.3 is 14.6 Å². The Hall–Kier alpha value is -2.90. The number of fused-ring (bicyclic) bond motifs is 2. The van der Waals surface area contributed by atoms with Gasteiger partial charge in [0, 0.05) is 20.0 Å². The number of ether oxygens (including phenoxy) is 1. The molecule has 26 heavy (non-hydrogen) atoms. The standard InChI is InChI=1S/C18H22N6O2/c1-11(2)26-13-8-6-7-12-15(13)16(22-23(12)3)19-18(25)17-21-20-14-9-4-5-10-24(14)17/h6-8,11H,4-5,9-10H2,1-3H3,(H,19,22,25). The highest BCUT2D eigenvalue weighted by Crippen LogP contribution is 2.32. The van der Waals surface area contributed by atoms with Gasteiger partial charge in [-0.15, -0.1) is 10.2 Å². The molecule has 1 aliphatic rings. The van der Waals surface area contributed by atoms with Crippen molar-refractivity contribution in [3.63, 3.8) is 0 Å². The van der Waals surface area contributed by atoms with Gasteiger partial charge in [-0.2, -0.15) is 5.10 Å². The summed E-state index contributed by atoms with van der Waals surface area (Å²) in [6.45, 7) is 4.71. The van der Waals surface area contributed by atoms with Crippen molar-refractivity contribution in [1.29, 1.82) is 0 Å². The fourth-order valence-corrected chi connectivity index (χ4v) is 3.36. The van der Waals surface area contributed by atoms with Crippen LogP contribution < -0.4 is 10.1 Å². The fraction of sp³-hybridized carbons (Fsp3) is 0.444. The fourth-order valence-electron chi connectivity index (χ4n) is 3.36. The van der Waals surface area contributed by atoms with Crippen LogP contribution in [0.5, 0.6) is 5.75 Å². The first kappa shape index (κ1) is 16.6. The van der Waals surface area contributed by atoms with Crippen molar-refractivity contribution in [3.05, 3.63) is 29.8 Å². The third-order valence-electron chi connectivity index (χ3n) is 4.50. The number of hydrogen-bond acceptors (Lipinski definition) is 5. The van der Waals surface area contributed by atoms with Crippen molar-refractivity contribution in [2.75, 3.05) is 5.32 Å². The molecule has 1 amide bonds. The van der Waals surface area contributed by atoms with Gasteiger partial charge in [-0.3, -0.25) is 9.48 Å². The molecule has 136 valence electrons. The van der Waals surface area contributed by atoms with Gasteiger partial charge in [-0.05, 0) is 38.8 Å². The number of nitrogens with zero attached hydrogens (tertiary/aromatic N) is 5. The Labute approximate surface area is 151 Å². The molecule has 0 bridgehead atoms. The van der Waals surface area contributed by atoms with Gasteiger partial charge in [-0.1, -0.05) is 6.07 Å². The maximum absolute atomic E-state index is 12.8. The zero-order chi connectivity index (χ0) is 18.3. The van der Waals surface area contributed by atoms with Gasteiger partial charge in [0.05, 0.1) is 17.0 Å². The van der Waals surface area contributed by atoms with Crippen LogP contribution in [0.4, 0.5) is 5.82 Å². The Morgan fingerprint density at radius 1 is 1.27 bits per heavy atom. The smallest absolute Gasteiger partial charge is 0.294 e. The number of hydrogen-bond donors (Lipinski definition) is 1. The van der Waals surface area contributed by atoms with E-state index in [0.717, 1.165) is 42.5 Å². The average Bonchev–Trinajstić information content (AvgIpc) is 3.17. The lowest BCUT2D eigenvalue weighted by molar-refractivity contribution is 0.101. The number of benzene rings is 1. The summed E-state index contributed by atoms with van der Waals surface area (Å²) in [5.74, 6) is 2.07. The third-order valence-corrected chi connectivity index (χ3v) is 4.50. The highest BCUT2D eigenvalue weighted by molar-refractivity contribution is 6.07. The Bertz CT molecular complexity index is 972. The summed E-state index contributed by atoms with van der Waals surface area (Å²) >= 11 is 0. The Kier molecular flexibility index (Phi) is 4.10. The molecule has 3 heterocycles. The molecule has 4 rings (SSSR count). The van der Waals surface area contributed by atoms with E-state index in [9.17, 15) is 4.79 Å². The summed E-state index contributed by atoms with van der Waals surface area (Å²) in [6, 6.07) is 5.75. The van der Waals surface area contributed by atoms with Crippen LogP contribution in [0, 0.1) is 0 Å². The molecule has 0 spiro atoms. The number of carbonyl (C=O) groups excluding carboxylic acids is 1. The van der Waals surface area contributed by atoms with E-state index in [4.69, 9.17) is 4.74 Å². The van der Waals surface area contributed by atoms with Crippen LogP contribution in [-0.4, -0.2) is 36.6 Å². The summed E-state index contributed by atoms with van der Waals surface area (Å²) < 4.78 is 9.54. The minimum absolute atomic E-state index is 0.0212. The largest absolute Gasteiger partial charge is 0.490 e. The van der Waals surface area contributed by atoms with E-state index in [2.05, 4.69) is 20.6 Å². The number of nitrogens with one attached hydrogen (secondary N) is 1. The zero-order valence-electron chi connectivity index (χ0n) is 15.2. The van der Waals surface area contributed by atoms with Gasteiger partial charge in [-0.25, -0.2) is 0 Å². The second-order valence-electron chi connectivity index (χ2n) is 6.79.